The molecule has 0 spiro atoms. The number of hydrogen-bond donors (Lipinski definition) is 0. The number of para-hydroxylation sites is 3. The van der Waals surface area contributed by atoms with E-state index < -0.39 is 0 Å². The molecule has 2 aromatic carbocycles. The molecule has 150 valence electrons. The Hall–Kier alpha value is -2.53. The topological polar surface area (TPSA) is 43.3 Å². The molecule has 5 nitrogen and oxygen atoms in total. The Labute approximate surface area is 167 Å². The molecule has 2 fully saturated rings. The molecule has 4 rings (SSSR count). The minimum absolute atomic E-state index is 0.692. The molecule has 28 heavy (non-hydrogen) atoms. The highest BCUT2D eigenvalue weighted by molar-refractivity contribution is 5.85. The van der Waals surface area contributed by atoms with Crippen molar-refractivity contribution in [1.82, 2.24) is 4.90 Å². The van der Waals surface area contributed by atoms with Crippen LogP contribution in [0.1, 0.15) is 25.7 Å². The number of fused-ring (bicyclic) bond motifs is 1. The molecule has 2 unspecified atom stereocenters. The highest BCUT2D eigenvalue weighted by Crippen LogP contribution is 2.34. The summed E-state index contributed by atoms with van der Waals surface area (Å²) in [5.41, 5.74) is 1.22. The lowest BCUT2D eigenvalue weighted by Crippen LogP contribution is -2.35. The van der Waals surface area contributed by atoms with Gasteiger partial charge in [-0.1, -0.05) is 35.5 Å². The zero-order chi connectivity index (χ0) is 19.8. The van der Waals surface area contributed by atoms with Gasteiger partial charge in [-0.05, 0) is 63.0 Å². The van der Waals surface area contributed by atoms with Gasteiger partial charge in [0, 0.05) is 12.5 Å². The second kappa shape index (κ2) is 10.1. The van der Waals surface area contributed by atoms with E-state index in [2.05, 4.69) is 17.1 Å². The summed E-state index contributed by atoms with van der Waals surface area (Å²) >= 11 is 0. The smallest absolute Gasteiger partial charge is 0.160 e. The molecule has 2 atom stereocenters. The minimum atomic E-state index is 0.692. The maximum absolute atomic E-state index is 5.50. The van der Waals surface area contributed by atoms with Crippen LogP contribution in [0.15, 0.2) is 59.8 Å². The van der Waals surface area contributed by atoms with E-state index in [1.807, 2.05) is 54.6 Å². The van der Waals surface area contributed by atoms with Gasteiger partial charge in [0.1, 0.15) is 0 Å². The molecular formula is C23H30N2O3. The number of rotatable bonds is 4. The molecule has 1 heterocycles. The van der Waals surface area contributed by atoms with Crippen molar-refractivity contribution >= 4 is 5.71 Å². The minimum Gasteiger partial charge on any atom is -0.493 e. The van der Waals surface area contributed by atoms with Crippen molar-refractivity contribution in [3.8, 4) is 17.2 Å². The van der Waals surface area contributed by atoms with Gasteiger partial charge in [-0.2, -0.15) is 0 Å². The first-order valence-corrected chi connectivity index (χ1v) is 9.86. The van der Waals surface area contributed by atoms with Crippen LogP contribution >= 0.6 is 0 Å². The molecule has 5 heteroatoms. The van der Waals surface area contributed by atoms with Crippen LogP contribution in [-0.4, -0.2) is 44.5 Å². The number of oxime groups is 1. The van der Waals surface area contributed by atoms with E-state index in [0.29, 0.717) is 6.04 Å². The SMILES string of the molecule is CN1CCC2CC/C(=N\Oc3ccccc3)CC21.COc1ccccc1OC. The van der Waals surface area contributed by atoms with Crippen LogP contribution in [0.5, 0.6) is 17.2 Å². The third kappa shape index (κ3) is 5.26. The molecule has 0 N–H and O–H groups in total. The van der Waals surface area contributed by atoms with Crippen LogP contribution in [-0.2, 0) is 0 Å². The van der Waals surface area contributed by atoms with E-state index in [-0.39, 0.29) is 0 Å². The van der Waals surface area contributed by atoms with Gasteiger partial charge >= 0.3 is 0 Å². The predicted octanol–water partition coefficient (Wildman–Crippen LogP) is 4.63. The van der Waals surface area contributed by atoms with E-state index in [4.69, 9.17) is 14.3 Å². The molecule has 0 radical (unpaired) electrons. The van der Waals surface area contributed by atoms with Crippen molar-refractivity contribution in [2.75, 3.05) is 27.8 Å². The Morgan fingerprint density at radius 2 is 1.54 bits per heavy atom. The molecule has 1 aliphatic heterocycles. The van der Waals surface area contributed by atoms with Gasteiger partial charge in [0.2, 0.25) is 0 Å². The first-order chi connectivity index (χ1) is 13.7. The average Bonchev–Trinajstić information content (AvgIpc) is 3.13. The fourth-order valence-electron chi connectivity index (χ4n) is 3.91. The second-order valence-electron chi connectivity index (χ2n) is 7.26. The van der Waals surface area contributed by atoms with Gasteiger partial charge < -0.3 is 19.2 Å². The van der Waals surface area contributed by atoms with Crippen LogP contribution in [0, 0.1) is 5.92 Å². The Bertz CT molecular complexity index is 740. The van der Waals surface area contributed by atoms with Crippen molar-refractivity contribution in [2.45, 2.75) is 31.7 Å². The Balaban J connectivity index is 0.000000192. The number of nitrogens with zero attached hydrogens (tertiary/aromatic N) is 2. The lowest BCUT2D eigenvalue weighted by atomic mass is 9.84. The lowest BCUT2D eigenvalue weighted by molar-refractivity contribution is 0.254. The standard InChI is InChI=1S/C15H20N2O.C8H10O2/c1-17-10-9-12-7-8-13(11-15(12)17)16-18-14-5-3-2-4-6-14;1-9-7-5-3-4-6-8(7)10-2/h2-6,12,15H,7-11H2,1H3;3-6H,1-2H3/b16-13+;. The summed E-state index contributed by atoms with van der Waals surface area (Å²) < 4.78 is 10.0. The van der Waals surface area contributed by atoms with Crippen molar-refractivity contribution in [3.63, 3.8) is 0 Å². The second-order valence-corrected chi connectivity index (χ2v) is 7.26. The van der Waals surface area contributed by atoms with Gasteiger partial charge in [0.05, 0.1) is 19.9 Å². The predicted molar refractivity (Wildman–Crippen MR) is 112 cm³/mol. The number of ether oxygens (including phenoxy) is 2. The van der Waals surface area contributed by atoms with E-state index in [1.165, 1.54) is 25.1 Å². The summed E-state index contributed by atoms with van der Waals surface area (Å²) in [5.74, 6) is 3.24. The molecule has 1 aliphatic carbocycles. The number of methoxy groups -OCH3 is 2. The van der Waals surface area contributed by atoms with Crippen molar-refractivity contribution < 1.29 is 14.3 Å². The van der Waals surface area contributed by atoms with Crippen molar-refractivity contribution in [3.05, 3.63) is 54.6 Å². The summed E-state index contributed by atoms with van der Waals surface area (Å²) in [6, 6.07) is 18.0. The number of benzene rings is 2. The van der Waals surface area contributed by atoms with Gasteiger partial charge in [-0.25, -0.2) is 0 Å². The maximum atomic E-state index is 5.50. The third-order valence-electron chi connectivity index (χ3n) is 5.52. The van der Waals surface area contributed by atoms with Crippen LogP contribution in [0.4, 0.5) is 0 Å². The van der Waals surface area contributed by atoms with Crippen LogP contribution in [0.2, 0.25) is 0 Å². The third-order valence-corrected chi connectivity index (χ3v) is 5.52. The average molecular weight is 383 g/mol. The van der Waals surface area contributed by atoms with Crippen LogP contribution in [0.25, 0.3) is 0 Å². The number of likely N-dealkylation sites (tertiary alicyclic amines) is 1. The van der Waals surface area contributed by atoms with Gasteiger partial charge in [-0.3, -0.25) is 0 Å². The molecule has 2 aliphatic rings. The van der Waals surface area contributed by atoms with Crippen molar-refractivity contribution in [2.24, 2.45) is 11.1 Å². The molecule has 0 bridgehead atoms. The lowest BCUT2D eigenvalue weighted by Gasteiger charge is -2.29. The zero-order valence-corrected chi connectivity index (χ0v) is 17.0. The van der Waals surface area contributed by atoms with Crippen LogP contribution < -0.4 is 14.3 Å². The monoisotopic (exact) mass is 382 g/mol. The van der Waals surface area contributed by atoms with E-state index >= 15 is 0 Å². The fraction of sp³-hybridized carbons (Fsp3) is 0.435. The number of hydrogen-bond acceptors (Lipinski definition) is 5. The molecule has 0 aromatic heterocycles. The summed E-state index contributed by atoms with van der Waals surface area (Å²) in [4.78, 5) is 7.97. The Morgan fingerprint density at radius 3 is 2.18 bits per heavy atom. The van der Waals surface area contributed by atoms with Gasteiger partial charge in [-0.15, -0.1) is 0 Å². The van der Waals surface area contributed by atoms with Crippen molar-refractivity contribution in [1.29, 1.82) is 0 Å². The summed E-state index contributed by atoms with van der Waals surface area (Å²) in [7, 11) is 5.47. The summed E-state index contributed by atoms with van der Waals surface area (Å²) in [6.07, 6.45) is 4.80. The highest BCUT2D eigenvalue weighted by atomic mass is 16.6. The first-order valence-electron chi connectivity index (χ1n) is 9.86. The summed E-state index contributed by atoms with van der Waals surface area (Å²) in [5, 5.41) is 4.34. The molecule has 1 saturated heterocycles. The highest BCUT2D eigenvalue weighted by Gasteiger charge is 2.35. The Kier molecular flexibility index (Phi) is 7.31. The van der Waals surface area contributed by atoms with Crippen LogP contribution in [0.3, 0.4) is 0 Å². The molecule has 0 amide bonds. The van der Waals surface area contributed by atoms with E-state index in [0.717, 1.165) is 36.0 Å². The normalized spacial score (nSPS) is 22.8. The Morgan fingerprint density at radius 1 is 0.893 bits per heavy atom. The molecule has 2 aromatic rings. The van der Waals surface area contributed by atoms with E-state index in [1.54, 1.807) is 14.2 Å². The molecular weight excluding hydrogens is 352 g/mol. The van der Waals surface area contributed by atoms with E-state index in [9.17, 15) is 0 Å². The molecule has 1 saturated carbocycles. The first kappa shape index (κ1) is 20.2. The largest absolute Gasteiger partial charge is 0.493 e. The fourth-order valence-corrected chi connectivity index (χ4v) is 3.91. The zero-order valence-electron chi connectivity index (χ0n) is 17.0. The van der Waals surface area contributed by atoms with Gasteiger partial charge in [0.15, 0.2) is 17.2 Å². The quantitative estimate of drug-likeness (QED) is 0.723. The maximum Gasteiger partial charge on any atom is 0.160 e. The summed E-state index contributed by atoms with van der Waals surface area (Å²) in [6.45, 7) is 1.24. The van der Waals surface area contributed by atoms with Gasteiger partial charge in [0.25, 0.3) is 0 Å².